The van der Waals surface area contributed by atoms with E-state index in [2.05, 4.69) is 75.9 Å². The molecular formula is C26H34INO3. The smallest absolute Gasteiger partial charge is 0.332 e. The van der Waals surface area contributed by atoms with Gasteiger partial charge in [0.1, 0.15) is 18.4 Å². The average Bonchev–Trinajstić information content (AvgIpc) is 2.72. The molecular weight excluding hydrogens is 501 g/mol. The molecule has 1 aliphatic rings. The number of carbonyl (C=O) groups excluding carboxylic acids is 1. The third-order valence-corrected chi connectivity index (χ3v) is 6.46. The highest BCUT2D eigenvalue weighted by Gasteiger charge is 2.31. The molecule has 1 saturated heterocycles. The van der Waals surface area contributed by atoms with Crippen LogP contribution in [0.4, 0.5) is 0 Å². The SMILES string of the molecule is Cc1cccc(COc2cc(C(C)(C)C)c(C)cc2CN2CCCC[C@H]2C(=O)OI)c1. The number of aryl methyl sites for hydroxylation is 2. The van der Waals surface area contributed by atoms with E-state index in [-0.39, 0.29) is 17.4 Å². The van der Waals surface area contributed by atoms with Crippen LogP contribution in [0.5, 0.6) is 5.75 Å². The van der Waals surface area contributed by atoms with Crippen LogP contribution in [-0.4, -0.2) is 23.5 Å². The number of nitrogens with zero attached hydrogens (tertiary/aromatic N) is 1. The summed E-state index contributed by atoms with van der Waals surface area (Å²) in [7, 11) is 0. The summed E-state index contributed by atoms with van der Waals surface area (Å²) >= 11 is 1.70. The van der Waals surface area contributed by atoms with Crippen LogP contribution in [0.15, 0.2) is 36.4 Å². The normalized spacial score (nSPS) is 17.4. The second kappa shape index (κ2) is 10.3. The molecule has 0 saturated carbocycles. The van der Waals surface area contributed by atoms with E-state index in [0.717, 1.165) is 42.7 Å². The van der Waals surface area contributed by atoms with Crippen molar-refractivity contribution >= 4 is 29.0 Å². The number of likely N-dealkylation sites (tertiary alicyclic amines) is 1. The van der Waals surface area contributed by atoms with Crippen molar-refractivity contribution in [1.29, 1.82) is 0 Å². The van der Waals surface area contributed by atoms with E-state index in [9.17, 15) is 4.79 Å². The Kier molecular flexibility index (Phi) is 8.03. The zero-order valence-electron chi connectivity index (χ0n) is 19.3. The molecule has 0 radical (unpaired) electrons. The van der Waals surface area contributed by atoms with E-state index in [0.29, 0.717) is 13.2 Å². The van der Waals surface area contributed by atoms with Gasteiger partial charge in [0, 0.05) is 12.1 Å². The van der Waals surface area contributed by atoms with Gasteiger partial charge in [-0.2, -0.15) is 0 Å². The molecule has 4 nitrogen and oxygen atoms in total. The fourth-order valence-corrected chi connectivity index (χ4v) is 4.79. The summed E-state index contributed by atoms with van der Waals surface area (Å²) < 4.78 is 11.4. The van der Waals surface area contributed by atoms with Gasteiger partial charge in [0.05, 0.1) is 0 Å². The van der Waals surface area contributed by atoms with Crippen LogP contribution in [0.1, 0.15) is 67.9 Å². The second-order valence-electron chi connectivity index (χ2n) is 9.68. The van der Waals surface area contributed by atoms with Crippen LogP contribution in [0.2, 0.25) is 0 Å². The highest BCUT2D eigenvalue weighted by atomic mass is 127. The first kappa shape index (κ1) is 24.1. The van der Waals surface area contributed by atoms with Crippen molar-refractivity contribution in [3.63, 3.8) is 0 Å². The molecule has 0 N–H and O–H groups in total. The van der Waals surface area contributed by atoms with Gasteiger partial charge in [-0.05, 0) is 61.4 Å². The van der Waals surface area contributed by atoms with Crippen LogP contribution < -0.4 is 4.74 Å². The Labute approximate surface area is 201 Å². The molecule has 2 aromatic rings. The third-order valence-electron chi connectivity index (χ3n) is 6.03. The Morgan fingerprint density at radius 3 is 2.61 bits per heavy atom. The summed E-state index contributed by atoms with van der Waals surface area (Å²) in [4.78, 5) is 14.6. The van der Waals surface area contributed by atoms with E-state index in [4.69, 9.17) is 7.80 Å². The molecule has 0 aliphatic carbocycles. The van der Waals surface area contributed by atoms with Gasteiger partial charge < -0.3 is 7.80 Å². The van der Waals surface area contributed by atoms with Gasteiger partial charge in [0.2, 0.25) is 0 Å². The van der Waals surface area contributed by atoms with Crippen LogP contribution in [-0.2, 0) is 26.4 Å². The molecule has 0 aromatic heterocycles. The van der Waals surface area contributed by atoms with Crippen molar-refractivity contribution in [2.24, 2.45) is 0 Å². The lowest BCUT2D eigenvalue weighted by molar-refractivity contribution is -0.138. The van der Waals surface area contributed by atoms with Crippen LogP contribution in [0.3, 0.4) is 0 Å². The van der Waals surface area contributed by atoms with Crippen molar-refractivity contribution in [3.05, 3.63) is 64.2 Å². The summed E-state index contributed by atoms with van der Waals surface area (Å²) in [5, 5.41) is 0. The number of hydrogen-bond acceptors (Lipinski definition) is 4. The minimum Gasteiger partial charge on any atom is -0.489 e. The maximum absolute atomic E-state index is 12.3. The zero-order valence-corrected chi connectivity index (χ0v) is 21.5. The summed E-state index contributed by atoms with van der Waals surface area (Å²) in [6.45, 7) is 13.1. The van der Waals surface area contributed by atoms with Gasteiger partial charge in [0.15, 0.2) is 23.0 Å². The van der Waals surface area contributed by atoms with Crippen molar-refractivity contribution < 1.29 is 12.6 Å². The van der Waals surface area contributed by atoms with Crippen molar-refractivity contribution in [2.75, 3.05) is 6.54 Å². The van der Waals surface area contributed by atoms with E-state index in [1.54, 1.807) is 23.0 Å². The molecule has 2 aromatic carbocycles. The number of rotatable bonds is 6. The molecule has 3 rings (SSSR count). The minimum atomic E-state index is -0.183. The molecule has 31 heavy (non-hydrogen) atoms. The lowest BCUT2D eigenvalue weighted by Gasteiger charge is -2.34. The standard InChI is InChI=1S/C26H34INO3/c1-18-9-8-10-20(13-18)17-30-24-15-22(26(3,4)5)19(2)14-21(24)16-28-12-7-6-11-23(28)25(29)31-27/h8-10,13-15,23H,6-7,11-12,16-17H2,1-5H3/t23-/m0/s1. The van der Waals surface area contributed by atoms with Crippen LogP contribution >= 0.6 is 23.0 Å². The molecule has 168 valence electrons. The lowest BCUT2D eigenvalue weighted by Crippen LogP contribution is -2.44. The lowest BCUT2D eigenvalue weighted by atomic mass is 9.83. The summed E-state index contributed by atoms with van der Waals surface area (Å²) in [5.41, 5.74) is 6.10. The largest absolute Gasteiger partial charge is 0.489 e. The molecule has 0 bridgehead atoms. The fraction of sp³-hybridized carbons (Fsp3) is 0.500. The van der Waals surface area contributed by atoms with E-state index >= 15 is 0 Å². The Morgan fingerprint density at radius 2 is 1.94 bits per heavy atom. The van der Waals surface area contributed by atoms with Crippen LogP contribution in [0.25, 0.3) is 0 Å². The highest BCUT2D eigenvalue weighted by Crippen LogP contribution is 2.34. The second-order valence-corrected chi connectivity index (χ2v) is 10.1. The predicted octanol–water partition coefficient (Wildman–Crippen LogP) is 6.43. The Bertz CT molecular complexity index is 919. The first-order valence-electron chi connectivity index (χ1n) is 11.1. The number of ether oxygens (including phenoxy) is 1. The zero-order chi connectivity index (χ0) is 22.6. The molecule has 1 heterocycles. The van der Waals surface area contributed by atoms with Crippen molar-refractivity contribution in [1.82, 2.24) is 4.90 Å². The first-order chi connectivity index (χ1) is 14.7. The van der Waals surface area contributed by atoms with Gasteiger partial charge in [-0.3, -0.25) is 4.90 Å². The Balaban J connectivity index is 1.91. The van der Waals surface area contributed by atoms with E-state index in [1.165, 1.54) is 16.7 Å². The Morgan fingerprint density at radius 1 is 1.16 bits per heavy atom. The fourth-order valence-electron chi connectivity index (χ4n) is 4.49. The van der Waals surface area contributed by atoms with E-state index in [1.807, 2.05) is 0 Å². The minimum absolute atomic E-state index is 0.0305. The molecule has 0 unspecified atom stereocenters. The molecule has 1 aliphatic heterocycles. The highest BCUT2D eigenvalue weighted by molar-refractivity contribution is 14.1. The average molecular weight is 535 g/mol. The maximum atomic E-state index is 12.3. The third kappa shape index (κ3) is 6.22. The monoisotopic (exact) mass is 535 g/mol. The van der Waals surface area contributed by atoms with Crippen molar-refractivity contribution in [3.8, 4) is 5.75 Å². The molecule has 0 spiro atoms. The van der Waals surface area contributed by atoms with Crippen molar-refractivity contribution in [2.45, 2.75) is 78.5 Å². The molecule has 5 heteroatoms. The molecule has 1 fully saturated rings. The number of hydrogen-bond donors (Lipinski definition) is 0. The van der Waals surface area contributed by atoms with E-state index < -0.39 is 0 Å². The maximum Gasteiger partial charge on any atom is 0.332 e. The Hall–Kier alpha value is -1.60. The summed E-state index contributed by atoms with van der Waals surface area (Å²) in [6.07, 6.45) is 3.01. The quantitative estimate of drug-likeness (QED) is 0.400. The summed E-state index contributed by atoms with van der Waals surface area (Å²) in [5.74, 6) is 0.759. The van der Waals surface area contributed by atoms with Gasteiger partial charge in [0.25, 0.3) is 0 Å². The number of piperidine rings is 1. The molecule has 1 atom stereocenters. The first-order valence-corrected chi connectivity index (χ1v) is 12.0. The molecule has 0 amide bonds. The van der Waals surface area contributed by atoms with Gasteiger partial charge >= 0.3 is 5.97 Å². The van der Waals surface area contributed by atoms with Gasteiger partial charge in [-0.25, -0.2) is 4.79 Å². The van der Waals surface area contributed by atoms with Crippen LogP contribution in [0, 0.1) is 13.8 Å². The summed E-state index contributed by atoms with van der Waals surface area (Å²) in [6, 6.07) is 12.7. The number of benzene rings is 2. The van der Waals surface area contributed by atoms with Gasteiger partial charge in [-0.1, -0.05) is 63.1 Å². The predicted molar refractivity (Wildman–Crippen MR) is 134 cm³/mol. The number of carbonyl (C=O) groups is 1. The number of halogens is 1. The van der Waals surface area contributed by atoms with Gasteiger partial charge in [-0.15, -0.1) is 0 Å². The topological polar surface area (TPSA) is 38.8 Å².